The van der Waals surface area contributed by atoms with E-state index in [1.54, 1.807) is 12.1 Å². The van der Waals surface area contributed by atoms with Gasteiger partial charge in [0, 0.05) is 59.3 Å². The third kappa shape index (κ3) is 5.26. The van der Waals surface area contributed by atoms with Crippen LogP contribution in [0.1, 0.15) is 20.3 Å². The number of ether oxygens (including phenoxy) is 1. The summed E-state index contributed by atoms with van der Waals surface area (Å²) in [5.41, 5.74) is 4.15. The number of likely N-dealkylation sites (tertiary alicyclic amines) is 1. The quantitative estimate of drug-likeness (QED) is 0.634. The largest absolute Gasteiger partial charge is 0.383 e. The molecule has 0 aromatic heterocycles. The number of piperazine rings is 1. The van der Waals surface area contributed by atoms with Crippen molar-refractivity contribution in [1.29, 1.82) is 0 Å². The van der Waals surface area contributed by atoms with Crippen molar-refractivity contribution < 1.29 is 19.1 Å². The van der Waals surface area contributed by atoms with E-state index in [0.717, 1.165) is 5.69 Å². The van der Waals surface area contributed by atoms with E-state index in [-0.39, 0.29) is 35.6 Å². The first-order valence-electron chi connectivity index (χ1n) is 12.3. The molecule has 1 aromatic rings. The van der Waals surface area contributed by atoms with E-state index in [2.05, 4.69) is 10.3 Å². The number of rotatable bonds is 7. The number of carbonyl (C=O) groups is 3. The highest BCUT2D eigenvalue weighted by molar-refractivity contribution is 5.98. The minimum atomic E-state index is -0.341. The number of nitrogens with zero attached hydrogens (tertiary/aromatic N) is 4. The monoisotopic (exact) mass is 471 g/mol. The Bertz CT molecular complexity index is 871. The van der Waals surface area contributed by atoms with E-state index < -0.39 is 0 Å². The van der Waals surface area contributed by atoms with Crippen LogP contribution in [0, 0.1) is 17.8 Å². The molecule has 3 unspecified atom stereocenters. The fourth-order valence-electron chi connectivity index (χ4n) is 5.23. The lowest BCUT2D eigenvalue weighted by molar-refractivity contribution is -0.145. The smallest absolute Gasteiger partial charge is 0.247 e. The topological polar surface area (TPSA) is 85.4 Å². The number of hydrogen-bond donors (Lipinski definition) is 1. The molecule has 3 atom stereocenters. The van der Waals surface area contributed by atoms with Gasteiger partial charge in [0.05, 0.1) is 30.2 Å². The van der Waals surface area contributed by atoms with Crippen LogP contribution in [0.5, 0.6) is 0 Å². The second-order valence-electron chi connectivity index (χ2n) is 9.93. The molecule has 0 radical (unpaired) electrons. The number of piperidine rings is 1. The van der Waals surface area contributed by atoms with Gasteiger partial charge in [-0.1, -0.05) is 32.0 Å². The van der Waals surface area contributed by atoms with Crippen molar-refractivity contribution in [2.24, 2.45) is 17.8 Å². The summed E-state index contributed by atoms with van der Waals surface area (Å²) in [5.74, 6) is -0.0987. The Morgan fingerprint density at radius 1 is 1.06 bits per heavy atom. The van der Waals surface area contributed by atoms with Crippen molar-refractivity contribution in [1.82, 2.24) is 20.1 Å². The molecule has 1 N–H and O–H groups in total. The maximum Gasteiger partial charge on any atom is 0.247 e. The zero-order chi connectivity index (χ0) is 24.2. The molecule has 3 aliphatic rings. The summed E-state index contributed by atoms with van der Waals surface area (Å²) < 4.78 is 5.26. The predicted octanol–water partition coefficient (Wildman–Crippen LogP) is 0.818. The Morgan fingerprint density at radius 3 is 2.38 bits per heavy atom. The molecule has 3 fully saturated rings. The molecule has 9 nitrogen and oxygen atoms in total. The van der Waals surface area contributed by atoms with E-state index in [1.807, 2.05) is 54.0 Å². The van der Waals surface area contributed by atoms with Crippen molar-refractivity contribution in [3.63, 3.8) is 0 Å². The lowest BCUT2D eigenvalue weighted by atomic mass is 9.83. The molecule has 3 aliphatic heterocycles. The van der Waals surface area contributed by atoms with Crippen LogP contribution in [0.3, 0.4) is 0 Å². The molecule has 34 heavy (non-hydrogen) atoms. The van der Waals surface area contributed by atoms with Crippen molar-refractivity contribution >= 4 is 23.4 Å². The summed E-state index contributed by atoms with van der Waals surface area (Å²) in [6.45, 7) is 8.70. The third-order valence-electron chi connectivity index (χ3n) is 7.06. The molecule has 9 heteroatoms. The Labute approximate surface area is 202 Å². The van der Waals surface area contributed by atoms with Gasteiger partial charge in [-0.15, -0.1) is 0 Å². The number of amides is 3. The van der Waals surface area contributed by atoms with Gasteiger partial charge >= 0.3 is 0 Å². The summed E-state index contributed by atoms with van der Waals surface area (Å²) in [4.78, 5) is 45.4. The predicted molar refractivity (Wildman–Crippen MR) is 129 cm³/mol. The van der Waals surface area contributed by atoms with Crippen LogP contribution in [-0.2, 0) is 19.1 Å². The van der Waals surface area contributed by atoms with E-state index in [0.29, 0.717) is 64.8 Å². The first kappa shape index (κ1) is 24.6. The summed E-state index contributed by atoms with van der Waals surface area (Å²) in [6.07, 6.45) is 0.538. The minimum Gasteiger partial charge on any atom is -0.383 e. The highest BCUT2D eigenvalue weighted by Crippen LogP contribution is 2.32. The van der Waals surface area contributed by atoms with E-state index in [9.17, 15) is 14.4 Å². The van der Waals surface area contributed by atoms with Crippen molar-refractivity contribution in [3.8, 4) is 0 Å². The zero-order valence-corrected chi connectivity index (χ0v) is 20.5. The lowest BCUT2D eigenvalue weighted by Crippen LogP contribution is -2.60. The van der Waals surface area contributed by atoms with Crippen LogP contribution in [0.25, 0.3) is 0 Å². The van der Waals surface area contributed by atoms with Gasteiger partial charge in [0.1, 0.15) is 0 Å². The molecule has 186 valence electrons. The third-order valence-corrected chi connectivity index (χ3v) is 7.06. The standard InChI is InChI=1S/C25H37N5O4/c1-18(2)15-22(31)28-9-11-29(12-10-28)24(32)20-16-27(13-14-34-3)17-21-23(20)26-30(25(21)33)19-7-5-4-6-8-19/h4-8,18,20-21,23,26H,9-17H2,1-3H3. The van der Waals surface area contributed by atoms with Crippen LogP contribution in [0.4, 0.5) is 5.69 Å². The van der Waals surface area contributed by atoms with E-state index in [1.165, 1.54) is 0 Å². The number of benzene rings is 1. The summed E-state index contributed by atoms with van der Waals surface area (Å²) in [7, 11) is 1.66. The Kier molecular flexibility index (Phi) is 7.85. The maximum atomic E-state index is 13.7. The SMILES string of the molecule is COCCN1CC(C(=O)N2CCN(C(=O)CC(C)C)CC2)C2NN(c3ccccc3)C(=O)C2C1. The molecule has 0 aliphatic carbocycles. The molecule has 0 saturated carbocycles. The number of fused-ring (bicyclic) bond motifs is 1. The van der Waals surface area contributed by atoms with Crippen LogP contribution in [0.15, 0.2) is 30.3 Å². The first-order valence-corrected chi connectivity index (χ1v) is 12.3. The van der Waals surface area contributed by atoms with Gasteiger partial charge in [-0.25, -0.2) is 10.4 Å². The Balaban J connectivity index is 1.47. The van der Waals surface area contributed by atoms with Crippen LogP contribution in [0.2, 0.25) is 0 Å². The van der Waals surface area contributed by atoms with Crippen molar-refractivity contribution in [2.45, 2.75) is 26.3 Å². The summed E-state index contributed by atoms with van der Waals surface area (Å²) >= 11 is 0. The molecule has 0 bridgehead atoms. The summed E-state index contributed by atoms with van der Waals surface area (Å²) in [6, 6.07) is 9.27. The van der Waals surface area contributed by atoms with Gasteiger partial charge in [0.25, 0.3) is 0 Å². The molecule has 3 saturated heterocycles. The van der Waals surface area contributed by atoms with Crippen molar-refractivity contribution in [3.05, 3.63) is 30.3 Å². The van der Waals surface area contributed by atoms with Crippen LogP contribution in [-0.4, -0.2) is 98.0 Å². The highest BCUT2D eigenvalue weighted by atomic mass is 16.5. The molecular formula is C25H37N5O4. The molecule has 4 rings (SSSR count). The number of anilines is 1. The average molecular weight is 472 g/mol. The number of hydrazine groups is 1. The van der Waals surface area contributed by atoms with Gasteiger partial charge in [-0.3, -0.25) is 19.3 Å². The fraction of sp³-hybridized carbons (Fsp3) is 0.640. The second-order valence-corrected chi connectivity index (χ2v) is 9.93. The van der Waals surface area contributed by atoms with Gasteiger partial charge in [0.2, 0.25) is 17.7 Å². The minimum absolute atomic E-state index is 0.000202. The van der Waals surface area contributed by atoms with Crippen LogP contribution < -0.4 is 10.4 Å². The molecule has 3 amide bonds. The van der Waals surface area contributed by atoms with E-state index >= 15 is 0 Å². The molecule has 1 aromatic carbocycles. The van der Waals surface area contributed by atoms with Crippen LogP contribution >= 0.6 is 0 Å². The number of para-hydroxylation sites is 1. The molecular weight excluding hydrogens is 434 g/mol. The zero-order valence-electron chi connectivity index (χ0n) is 20.5. The number of nitrogens with one attached hydrogen (secondary N) is 1. The van der Waals surface area contributed by atoms with Gasteiger partial charge in [-0.2, -0.15) is 0 Å². The number of methoxy groups -OCH3 is 1. The number of carbonyl (C=O) groups excluding carboxylic acids is 3. The normalized spacial score (nSPS) is 25.7. The van der Waals surface area contributed by atoms with Gasteiger partial charge in [0.15, 0.2) is 0 Å². The van der Waals surface area contributed by atoms with Gasteiger partial charge in [-0.05, 0) is 18.1 Å². The Hall–Kier alpha value is -2.49. The first-order chi connectivity index (χ1) is 16.4. The summed E-state index contributed by atoms with van der Waals surface area (Å²) in [5, 5.41) is 1.61. The number of hydrogen-bond acceptors (Lipinski definition) is 6. The molecule has 0 spiro atoms. The molecule has 3 heterocycles. The highest BCUT2D eigenvalue weighted by Gasteiger charge is 2.51. The Morgan fingerprint density at radius 2 is 1.74 bits per heavy atom. The average Bonchev–Trinajstić information content (AvgIpc) is 3.18. The van der Waals surface area contributed by atoms with Gasteiger partial charge < -0.3 is 14.5 Å². The van der Waals surface area contributed by atoms with E-state index in [4.69, 9.17) is 4.74 Å². The lowest BCUT2D eigenvalue weighted by Gasteiger charge is -2.42. The fourth-order valence-corrected chi connectivity index (χ4v) is 5.23. The second kappa shape index (κ2) is 10.8. The maximum absolute atomic E-state index is 13.7. The van der Waals surface area contributed by atoms with Crippen molar-refractivity contribution in [2.75, 3.05) is 64.5 Å².